The Labute approximate surface area is 109 Å². The molecule has 0 saturated heterocycles. The van der Waals surface area contributed by atoms with Crippen molar-refractivity contribution in [3.05, 3.63) is 29.3 Å². The van der Waals surface area contributed by atoms with Crippen LogP contribution in [0.15, 0.2) is 18.2 Å². The van der Waals surface area contributed by atoms with Crippen molar-refractivity contribution in [1.82, 2.24) is 0 Å². The van der Waals surface area contributed by atoms with Crippen molar-refractivity contribution < 1.29 is 9.53 Å². The predicted molar refractivity (Wildman–Crippen MR) is 73.2 cm³/mol. The van der Waals surface area contributed by atoms with Gasteiger partial charge in [0.05, 0.1) is 0 Å². The third-order valence-corrected chi connectivity index (χ3v) is 3.54. The average Bonchev–Trinajstić information content (AvgIpc) is 2.65. The molecule has 0 aromatic heterocycles. The minimum atomic E-state index is 0.0803. The molecule has 2 heteroatoms. The first kappa shape index (κ1) is 13.1. The number of benzene rings is 1. The fourth-order valence-electron chi connectivity index (χ4n) is 2.31. The first-order chi connectivity index (χ1) is 8.36. The second-order valence-electron chi connectivity index (χ2n) is 6.25. The van der Waals surface area contributed by atoms with Crippen molar-refractivity contribution in [1.29, 1.82) is 0 Å². The molecule has 1 fully saturated rings. The van der Waals surface area contributed by atoms with Crippen LogP contribution in [0.25, 0.3) is 0 Å². The fourth-order valence-corrected chi connectivity index (χ4v) is 2.31. The zero-order chi connectivity index (χ0) is 13.3. The van der Waals surface area contributed by atoms with Crippen LogP contribution in [0.3, 0.4) is 0 Å². The molecule has 0 amide bonds. The Morgan fingerprint density at radius 3 is 2.50 bits per heavy atom. The van der Waals surface area contributed by atoms with E-state index < -0.39 is 0 Å². The van der Waals surface area contributed by atoms with Gasteiger partial charge in [0.25, 0.3) is 0 Å². The summed E-state index contributed by atoms with van der Waals surface area (Å²) in [5.74, 6) is 1.24. The van der Waals surface area contributed by atoms with Gasteiger partial charge in [-0.1, -0.05) is 32.9 Å². The summed E-state index contributed by atoms with van der Waals surface area (Å²) in [6.07, 6.45) is 2.18. The molecular formula is C16H22O2. The van der Waals surface area contributed by atoms with Gasteiger partial charge in [-0.2, -0.15) is 0 Å². The summed E-state index contributed by atoms with van der Waals surface area (Å²) in [6, 6.07) is 6.35. The van der Waals surface area contributed by atoms with Gasteiger partial charge < -0.3 is 4.74 Å². The summed E-state index contributed by atoms with van der Waals surface area (Å²) >= 11 is 0. The van der Waals surface area contributed by atoms with Crippen molar-refractivity contribution >= 4 is 5.78 Å². The number of carbonyl (C=O) groups is 1. The molecule has 18 heavy (non-hydrogen) atoms. The number of carbonyl (C=O) groups excluding carboxylic acids is 1. The van der Waals surface area contributed by atoms with Crippen LogP contribution < -0.4 is 4.74 Å². The molecule has 1 atom stereocenters. The van der Waals surface area contributed by atoms with Crippen molar-refractivity contribution in [3.8, 4) is 5.75 Å². The first-order valence-corrected chi connectivity index (χ1v) is 6.66. The third kappa shape index (κ3) is 2.92. The first-order valence-electron chi connectivity index (χ1n) is 6.66. The Kier molecular flexibility index (Phi) is 3.47. The van der Waals surface area contributed by atoms with E-state index in [0.29, 0.717) is 18.6 Å². The van der Waals surface area contributed by atoms with E-state index in [2.05, 4.69) is 39.8 Å². The van der Waals surface area contributed by atoms with E-state index in [4.69, 9.17) is 4.74 Å². The summed E-state index contributed by atoms with van der Waals surface area (Å²) < 4.78 is 5.92. The highest BCUT2D eigenvalue weighted by Crippen LogP contribution is 2.29. The number of hydrogen-bond acceptors (Lipinski definition) is 2. The lowest BCUT2D eigenvalue weighted by molar-refractivity contribution is -0.117. The minimum Gasteiger partial charge on any atom is -0.490 e. The lowest BCUT2D eigenvalue weighted by atomic mass is 9.86. The molecule has 0 spiro atoms. The molecule has 1 unspecified atom stereocenters. The van der Waals surface area contributed by atoms with Crippen LogP contribution in [0.4, 0.5) is 0 Å². The van der Waals surface area contributed by atoms with Gasteiger partial charge in [0, 0.05) is 12.8 Å². The van der Waals surface area contributed by atoms with Gasteiger partial charge in [-0.05, 0) is 36.0 Å². The highest BCUT2D eigenvalue weighted by atomic mass is 16.5. The summed E-state index contributed by atoms with van der Waals surface area (Å²) in [5.41, 5.74) is 2.63. The molecule has 0 bridgehead atoms. The van der Waals surface area contributed by atoms with Crippen LogP contribution in [0.1, 0.15) is 51.2 Å². The molecule has 1 aromatic rings. The second-order valence-corrected chi connectivity index (χ2v) is 6.25. The van der Waals surface area contributed by atoms with E-state index in [1.165, 1.54) is 5.56 Å². The van der Waals surface area contributed by atoms with Gasteiger partial charge in [0.2, 0.25) is 0 Å². The molecule has 2 rings (SSSR count). The average molecular weight is 246 g/mol. The zero-order valence-corrected chi connectivity index (χ0v) is 11.7. The monoisotopic (exact) mass is 246 g/mol. The maximum absolute atomic E-state index is 11.2. The smallest absolute Gasteiger partial charge is 0.136 e. The Balaban J connectivity index is 2.13. The van der Waals surface area contributed by atoms with Gasteiger partial charge in [0.15, 0.2) is 0 Å². The van der Waals surface area contributed by atoms with E-state index in [9.17, 15) is 4.79 Å². The summed E-state index contributed by atoms with van der Waals surface area (Å²) in [5, 5.41) is 0. The molecule has 0 aliphatic heterocycles. The van der Waals surface area contributed by atoms with Gasteiger partial charge >= 0.3 is 0 Å². The van der Waals surface area contributed by atoms with Gasteiger partial charge in [0.1, 0.15) is 17.6 Å². The topological polar surface area (TPSA) is 26.3 Å². The van der Waals surface area contributed by atoms with E-state index in [1.54, 1.807) is 0 Å². The van der Waals surface area contributed by atoms with Crippen molar-refractivity contribution in [3.63, 3.8) is 0 Å². The molecular weight excluding hydrogens is 224 g/mol. The van der Waals surface area contributed by atoms with Crippen LogP contribution in [0.2, 0.25) is 0 Å². The third-order valence-electron chi connectivity index (χ3n) is 3.54. The Morgan fingerprint density at radius 2 is 2.00 bits per heavy atom. The number of Topliss-reactive ketones (excluding diaryl/α,β-unsaturated/α-hetero) is 1. The SMILES string of the molecule is Cc1cc(C(C)(C)C)ccc1OC1CCC(=O)C1. The highest BCUT2D eigenvalue weighted by Gasteiger charge is 2.24. The fraction of sp³-hybridized carbons (Fsp3) is 0.562. The van der Waals surface area contributed by atoms with Gasteiger partial charge in [-0.15, -0.1) is 0 Å². The number of ether oxygens (including phenoxy) is 1. The molecule has 1 aromatic carbocycles. The number of rotatable bonds is 2. The zero-order valence-electron chi connectivity index (χ0n) is 11.7. The molecule has 0 radical (unpaired) electrons. The second kappa shape index (κ2) is 4.75. The maximum atomic E-state index is 11.2. The summed E-state index contributed by atoms with van der Waals surface area (Å²) in [4.78, 5) is 11.2. The van der Waals surface area contributed by atoms with Crippen LogP contribution in [-0.4, -0.2) is 11.9 Å². The molecule has 1 aliphatic carbocycles. The quantitative estimate of drug-likeness (QED) is 0.793. The Morgan fingerprint density at radius 1 is 1.28 bits per heavy atom. The molecule has 2 nitrogen and oxygen atoms in total. The van der Waals surface area contributed by atoms with Crippen molar-refractivity contribution in [2.45, 2.75) is 58.5 Å². The lowest BCUT2D eigenvalue weighted by Crippen LogP contribution is -2.14. The predicted octanol–water partition coefficient (Wildman–Crippen LogP) is 3.79. The summed E-state index contributed by atoms with van der Waals surface area (Å²) in [6.45, 7) is 8.69. The van der Waals surface area contributed by atoms with E-state index >= 15 is 0 Å². The van der Waals surface area contributed by atoms with E-state index in [0.717, 1.165) is 17.7 Å². The van der Waals surface area contributed by atoms with Crippen LogP contribution in [0.5, 0.6) is 5.75 Å². The Bertz CT molecular complexity index is 455. The van der Waals surface area contributed by atoms with Crippen molar-refractivity contribution in [2.24, 2.45) is 0 Å². The normalized spacial score (nSPS) is 20.2. The van der Waals surface area contributed by atoms with Crippen LogP contribution in [-0.2, 0) is 10.2 Å². The molecule has 1 aliphatic rings. The minimum absolute atomic E-state index is 0.0803. The Hall–Kier alpha value is -1.31. The summed E-state index contributed by atoms with van der Waals surface area (Å²) in [7, 11) is 0. The number of aryl methyl sites for hydroxylation is 1. The lowest BCUT2D eigenvalue weighted by Gasteiger charge is -2.21. The number of ketones is 1. The standard InChI is InChI=1S/C16H22O2/c1-11-9-12(16(2,3)4)5-8-15(11)18-14-7-6-13(17)10-14/h5,8-9,14H,6-7,10H2,1-4H3. The highest BCUT2D eigenvalue weighted by molar-refractivity contribution is 5.81. The molecule has 1 saturated carbocycles. The van der Waals surface area contributed by atoms with Crippen molar-refractivity contribution in [2.75, 3.05) is 0 Å². The van der Waals surface area contributed by atoms with Crippen LogP contribution in [0, 0.1) is 6.92 Å². The largest absolute Gasteiger partial charge is 0.490 e. The van der Waals surface area contributed by atoms with Gasteiger partial charge in [-0.25, -0.2) is 0 Å². The van der Waals surface area contributed by atoms with Gasteiger partial charge in [-0.3, -0.25) is 4.79 Å². The van der Waals surface area contributed by atoms with Crippen LogP contribution >= 0.6 is 0 Å². The van der Waals surface area contributed by atoms with E-state index in [-0.39, 0.29) is 11.5 Å². The molecule has 98 valence electrons. The number of hydrogen-bond donors (Lipinski definition) is 0. The molecule has 0 N–H and O–H groups in total. The molecule has 0 heterocycles. The van der Waals surface area contributed by atoms with E-state index in [1.807, 2.05) is 6.07 Å². The maximum Gasteiger partial charge on any atom is 0.136 e.